The lowest BCUT2D eigenvalue weighted by atomic mass is 9.76. The van der Waals surface area contributed by atoms with Crippen LogP contribution in [0.1, 0.15) is 77.4 Å². The van der Waals surface area contributed by atoms with E-state index in [9.17, 15) is 14.7 Å². The smallest absolute Gasteiger partial charge is 0.308 e. The Morgan fingerprint density at radius 2 is 1.81 bits per heavy atom. The van der Waals surface area contributed by atoms with Gasteiger partial charge in [0.1, 0.15) is 5.78 Å². The number of cyclic esters (lactones) is 1. The van der Waals surface area contributed by atoms with Crippen molar-refractivity contribution in [2.24, 2.45) is 23.7 Å². The van der Waals surface area contributed by atoms with E-state index in [4.69, 9.17) is 4.74 Å². The Morgan fingerprint density at radius 1 is 1.12 bits per heavy atom. The maximum atomic E-state index is 12.6. The van der Waals surface area contributed by atoms with Gasteiger partial charge >= 0.3 is 5.97 Å². The summed E-state index contributed by atoms with van der Waals surface area (Å²) in [6.45, 7) is 12.3. The highest BCUT2D eigenvalue weighted by atomic mass is 32.1. The summed E-state index contributed by atoms with van der Waals surface area (Å²) >= 11 is 1.68. The first kappa shape index (κ1) is 28.2. The number of rotatable bonds is 1. The lowest BCUT2D eigenvalue weighted by Crippen LogP contribution is -2.35. The van der Waals surface area contributed by atoms with Gasteiger partial charge in [-0.1, -0.05) is 52.3 Å². The lowest BCUT2D eigenvalue weighted by molar-refractivity contribution is -0.147. The number of hydrogen-bond donors (Lipinski definition) is 1. The number of aliphatic hydroxyl groups excluding tert-OH is 1. The summed E-state index contributed by atoms with van der Waals surface area (Å²) in [5.74, 6) is -0.331. The summed E-state index contributed by atoms with van der Waals surface area (Å²) in [5, 5.41) is 13.3. The van der Waals surface area contributed by atoms with E-state index in [0.29, 0.717) is 18.9 Å². The number of carbonyl (C=O) groups is 2. The number of nitrogens with zero attached hydrogens (tertiary/aromatic N) is 1. The maximum absolute atomic E-state index is 12.6. The average Bonchev–Trinajstić information content (AvgIpc) is 3.17. The fourth-order valence-electron chi connectivity index (χ4n) is 3.69. The molecule has 0 spiro atoms. The van der Waals surface area contributed by atoms with Gasteiger partial charge in [0.15, 0.2) is 0 Å². The highest BCUT2D eigenvalue weighted by Gasteiger charge is 2.32. The Hall–Kier alpha value is -1.79. The van der Waals surface area contributed by atoms with Crippen LogP contribution >= 0.6 is 11.3 Å². The van der Waals surface area contributed by atoms with E-state index in [0.717, 1.165) is 30.0 Å². The fourth-order valence-corrected chi connectivity index (χ4v) is 4.27. The second kappa shape index (κ2) is 15.1. The highest BCUT2D eigenvalue weighted by molar-refractivity contribution is 7.09. The van der Waals surface area contributed by atoms with Gasteiger partial charge in [0.25, 0.3) is 0 Å². The first-order chi connectivity index (χ1) is 15.2. The van der Waals surface area contributed by atoms with Crippen LogP contribution in [-0.2, 0) is 14.3 Å². The monoisotopic (exact) mass is 463 g/mol. The van der Waals surface area contributed by atoms with Crippen molar-refractivity contribution in [3.05, 3.63) is 34.3 Å². The molecule has 0 aromatic carbocycles. The zero-order valence-corrected chi connectivity index (χ0v) is 21.4. The van der Waals surface area contributed by atoms with Crippen molar-refractivity contribution in [3.63, 3.8) is 0 Å². The maximum Gasteiger partial charge on any atom is 0.308 e. The van der Waals surface area contributed by atoms with E-state index in [1.807, 2.05) is 39.0 Å². The Bertz CT molecular complexity index is 755. The summed E-state index contributed by atoms with van der Waals surface area (Å²) in [5.41, 5.74) is 1.07. The van der Waals surface area contributed by atoms with Gasteiger partial charge in [-0.25, -0.2) is 4.98 Å². The molecule has 1 N–H and O–H groups in total. The number of aryl methyl sites for hydroxylation is 1. The normalized spacial score (nSPS) is 29.8. The van der Waals surface area contributed by atoms with Crippen molar-refractivity contribution >= 4 is 29.2 Å². The van der Waals surface area contributed by atoms with Crippen molar-refractivity contribution in [3.8, 4) is 0 Å². The first-order valence-corrected chi connectivity index (χ1v) is 12.6. The minimum absolute atomic E-state index is 0.0386. The molecule has 4 unspecified atom stereocenters. The summed E-state index contributed by atoms with van der Waals surface area (Å²) in [7, 11) is 0. The van der Waals surface area contributed by atoms with Gasteiger partial charge in [0.05, 0.1) is 29.8 Å². The van der Waals surface area contributed by atoms with Crippen LogP contribution in [0.25, 0.3) is 6.08 Å². The molecule has 1 aromatic heterocycles. The van der Waals surface area contributed by atoms with E-state index in [1.165, 1.54) is 0 Å². The molecule has 1 aromatic rings. The van der Waals surface area contributed by atoms with Crippen LogP contribution < -0.4 is 0 Å². The van der Waals surface area contributed by atoms with Gasteiger partial charge in [-0.15, -0.1) is 11.3 Å². The third-order valence-corrected chi connectivity index (χ3v) is 7.05. The first-order valence-electron chi connectivity index (χ1n) is 11.7. The third-order valence-electron chi connectivity index (χ3n) is 6.26. The lowest BCUT2D eigenvalue weighted by Gasteiger charge is -2.28. The number of hydrogen-bond acceptors (Lipinski definition) is 6. The summed E-state index contributed by atoms with van der Waals surface area (Å²) in [6.07, 6.45) is 11.0. The highest BCUT2D eigenvalue weighted by Crippen LogP contribution is 2.28. The minimum Gasteiger partial charge on any atom is -0.465 e. The summed E-state index contributed by atoms with van der Waals surface area (Å²) in [4.78, 5) is 28.5. The molecule has 5 atom stereocenters. The molecule has 1 aliphatic heterocycles. The molecule has 0 aliphatic carbocycles. The van der Waals surface area contributed by atoms with E-state index < -0.39 is 18.0 Å². The van der Waals surface area contributed by atoms with Crippen molar-refractivity contribution in [1.82, 2.24) is 4.98 Å². The van der Waals surface area contributed by atoms with Gasteiger partial charge in [0.2, 0.25) is 0 Å². The Labute approximate surface area is 198 Å². The van der Waals surface area contributed by atoms with Gasteiger partial charge in [-0.3, -0.25) is 9.59 Å². The number of allylic oxidation sites excluding steroid dienone is 2. The molecule has 5 nitrogen and oxygen atoms in total. The summed E-state index contributed by atoms with van der Waals surface area (Å²) in [6, 6.07) is 0. The molecule has 180 valence electrons. The molecule has 0 saturated heterocycles. The van der Waals surface area contributed by atoms with Gasteiger partial charge in [-0.05, 0) is 51.0 Å². The number of aromatic nitrogens is 1. The number of esters is 1. The molecule has 1 aliphatic rings. The molecule has 0 radical (unpaired) electrons. The van der Waals surface area contributed by atoms with Crippen molar-refractivity contribution in [2.75, 3.05) is 6.61 Å². The van der Waals surface area contributed by atoms with Crippen LogP contribution in [0.15, 0.2) is 23.6 Å². The zero-order valence-electron chi connectivity index (χ0n) is 20.5. The van der Waals surface area contributed by atoms with Gasteiger partial charge in [-0.2, -0.15) is 0 Å². The summed E-state index contributed by atoms with van der Waals surface area (Å²) < 4.78 is 5.10. The molecular weight excluding hydrogens is 422 g/mol. The number of aliphatic hydroxyl groups is 1. The predicted molar refractivity (Wildman–Crippen MR) is 132 cm³/mol. The second-order valence-corrected chi connectivity index (χ2v) is 9.85. The molecule has 0 bridgehead atoms. The predicted octanol–water partition coefficient (Wildman–Crippen LogP) is 6.01. The van der Waals surface area contributed by atoms with Crippen molar-refractivity contribution in [1.29, 1.82) is 0 Å². The van der Waals surface area contributed by atoms with Crippen LogP contribution in [0.3, 0.4) is 0 Å². The Kier molecular flexibility index (Phi) is 13.3. The quantitative estimate of drug-likeness (QED) is 0.408. The molecule has 2 heterocycles. The van der Waals surface area contributed by atoms with Crippen molar-refractivity contribution < 1.29 is 19.4 Å². The topological polar surface area (TPSA) is 76.5 Å². The molecule has 6 heteroatoms. The second-order valence-electron chi connectivity index (χ2n) is 8.79. The standard InChI is InChI=1S/C19H32O4.C7H9NS/c1-13-10-8-6-5-7-9-11-23-18(21)12-17(20)16(4)19(22)15(3)14(13)2;1-3-4-7-5-9-6(2)8-7/h5,7,13-17,20H,6,8-12H2,1-4H3;3-5H,1-2H3/b7-5-;4-3-/t13?,14-,15?,16?,17?;/m0./s1. The molecule has 0 amide bonds. The molecule has 0 saturated carbocycles. The van der Waals surface area contributed by atoms with Crippen molar-refractivity contribution in [2.45, 2.75) is 79.8 Å². The van der Waals surface area contributed by atoms with Crippen LogP contribution in [0.5, 0.6) is 0 Å². The van der Waals surface area contributed by atoms with E-state index in [-0.39, 0.29) is 24.0 Å². The minimum atomic E-state index is -0.969. The molecular formula is C26H41NO4S. The Balaban J connectivity index is 0.000000471. The third kappa shape index (κ3) is 10.2. The zero-order chi connectivity index (χ0) is 24.1. The van der Waals surface area contributed by atoms with Gasteiger partial charge < -0.3 is 9.84 Å². The average molecular weight is 464 g/mol. The molecule has 2 rings (SSSR count). The molecule has 0 fully saturated rings. The fraction of sp³-hybridized carbons (Fsp3) is 0.654. The number of ether oxygens (including phenoxy) is 1. The van der Waals surface area contributed by atoms with Gasteiger partial charge in [0, 0.05) is 17.2 Å². The van der Waals surface area contributed by atoms with Crippen LogP contribution in [0.2, 0.25) is 0 Å². The van der Waals surface area contributed by atoms with Crippen LogP contribution in [0, 0.1) is 30.6 Å². The van der Waals surface area contributed by atoms with E-state index in [1.54, 1.807) is 18.3 Å². The number of thiazole rings is 1. The number of Topliss-reactive ketones (excluding diaryl/α,β-unsaturated/α-hetero) is 1. The number of ketones is 1. The van der Waals surface area contributed by atoms with Crippen LogP contribution in [-0.4, -0.2) is 34.6 Å². The SMILES string of the molecule is C/C=C\c1csc(C)n1.CC1C(=O)C(C)[C@@H](C)C(C)CCC/C=C\CCOC(=O)CC1O. The van der Waals surface area contributed by atoms with Crippen LogP contribution in [0.4, 0.5) is 0 Å². The Morgan fingerprint density at radius 3 is 2.44 bits per heavy atom. The van der Waals surface area contributed by atoms with E-state index >= 15 is 0 Å². The number of carbonyl (C=O) groups excluding carboxylic acids is 2. The largest absolute Gasteiger partial charge is 0.465 e. The van der Waals surface area contributed by atoms with E-state index in [2.05, 4.69) is 30.3 Å². The molecule has 32 heavy (non-hydrogen) atoms.